The number of aryl methyl sites for hydroxylation is 1. The second-order valence-electron chi connectivity index (χ2n) is 5.13. The third-order valence-electron chi connectivity index (χ3n) is 3.21. The first kappa shape index (κ1) is 17.9. The highest BCUT2D eigenvalue weighted by atomic mass is 32.1. The number of esters is 1. The second kappa shape index (κ2) is 8.98. The lowest BCUT2D eigenvalue weighted by atomic mass is 10.1. The van der Waals surface area contributed by atoms with E-state index in [2.05, 4.69) is 10.3 Å². The van der Waals surface area contributed by atoms with Gasteiger partial charge in [-0.15, -0.1) is 11.3 Å². The Morgan fingerprint density at radius 1 is 1.33 bits per heavy atom. The Labute approximate surface area is 145 Å². The van der Waals surface area contributed by atoms with Crippen molar-refractivity contribution in [3.8, 4) is 0 Å². The van der Waals surface area contributed by atoms with Crippen LogP contribution in [0.4, 0.5) is 0 Å². The maximum Gasteiger partial charge on any atom is 0.328 e. The highest BCUT2D eigenvalue weighted by Gasteiger charge is 2.21. The van der Waals surface area contributed by atoms with Crippen molar-refractivity contribution >= 4 is 29.3 Å². The molecule has 24 heavy (non-hydrogen) atoms. The van der Waals surface area contributed by atoms with E-state index in [0.717, 1.165) is 16.3 Å². The molecule has 0 spiro atoms. The molecule has 1 aromatic heterocycles. The van der Waals surface area contributed by atoms with E-state index in [1.807, 2.05) is 42.6 Å². The fraction of sp³-hybridized carbons (Fsp3) is 0.278. The molecule has 0 aliphatic rings. The number of hydrogen-bond donors (Lipinski definition) is 1. The Balaban J connectivity index is 2.02. The van der Waals surface area contributed by atoms with Crippen LogP contribution in [-0.4, -0.2) is 29.5 Å². The quantitative estimate of drug-likeness (QED) is 0.619. The summed E-state index contributed by atoms with van der Waals surface area (Å²) in [6, 6.07) is 8.79. The molecule has 0 radical (unpaired) electrons. The first-order valence-electron chi connectivity index (χ1n) is 7.69. The number of aromatic nitrogens is 1. The number of amides is 1. The van der Waals surface area contributed by atoms with E-state index in [-0.39, 0.29) is 12.5 Å². The van der Waals surface area contributed by atoms with E-state index < -0.39 is 12.0 Å². The van der Waals surface area contributed by atoms with Gasteiger partial charge in [-0.3, -0.25) is 4.79 Å². The minimum atomic E-state index is -0.721. The number of ether oxygens (including phenoxy) is 1. The molecule has 6 heteroatoms. The van der Waals surface area contributed by atoms with Gasteiger partial charge in [-0.05, 0) is 25.5 Å². The van der Waals surface area contributed by atoms with E-state index >= 15 is 0 Å². The van der Waals surface area contributed by atoms with Crippen LogP contribution < -0.4 is 5.32 Å². The number of carbonyl (C=O) groups excluding carboxylic acids is 2. The topological polar surface area (TPSA) is 68.3 Å². The molecule has 0 aliphatic carbocycles. The van der Waals surface area contributed by atoms with Crippen molar-refractivity contribution in [2.24, 2.45) is 0 Å². The molecule has 0 fully saturated rings. The summed E-state index contributed by atoms with van der Waals surface area (Å²) in [5, 5.41) is 5.50. The molecule has 1 atom stereocenters. The van der Waals surface area contributed by atoms with Crippen LogP contribution in [0.25, 0.3) is 6.08 Å². The molecular weight excluding hydrogens is 324 g/mol. The molecular formula is C18H20N2O3S. The first-order chi connectivity index (χ1) is 11.6. The fourth-order valence-electron chi connectivity index (χ4n) is 2.12. The Bertz CT molecular complexity index is 710. The highest BCUT2D eigenvalue weighted by molar-refractivity contribution is 7.09. The number of thiazole rings is 1. The number of rotatable bonds is 7. The summed E-state index contributed by atoms with van der Waals surface area (Å²) in [5.74, 6) is -0.790. The maximum absolute atomic E-state index is 12.1. The molecule has 126 valence electrons. The largest absolute Gasteiger partial charge is 0.464 e. The van der Waals surface area contributed by atoms with Gasteiger partial charge in [0, 0.05) is 17.9 Å². The van der Waals surface area contributed by atoms with Crippen LogP contribution in [0.5, 0.6) is 0 Å². The van der Waals surface area contributed by atoms with Crippen molar-refractivity contribution < 1.29 is 14.3 Å². The number of nitrogens with one attached hydrogen (secondary N) is 1. The Kier molecular flexibility index (Phi) is 6.69. The van der Waals surface area contributed by atoms with Gasteiger partial charge in [-0.1, -0.05) is 30.3 Å². The van der Waals surface area contributed by atoms with Crippen molar-refractivity contribution in [3.05, 3.63) is 58.1 Å². The normalized spacial score (nSPS) is 12.1. The van der Waals surface area contributed by atoms with Gasteiger partial charge in [0.15, 0.2) is 0 Å². The molecule has 0 saturated heterocycles. The van der Waals surface area contributed by atoms with Crippen molar-refractivity contribution in [2.45, 2.75) is 26.3 Å². The summed E-state index contributed by atoms with van der Waals surface area (Å²) >= 11 is 1.52. The summed E-state index contributed by atoms with van der Waals surface area (Å²) in [6.07, 6.45) is 3.39. The maximum atomic E-state index is 12.1. The zero-order valence-corrected chi connectivity index (χ0v) is 14.5. The Morgan fingerprint density at radius 2 is 2.08 bits per heavy atom. The molecule has 1 N–H and O–H groups in total. The van der Waals surface area contributed by atoms with E-state index in [0.29, 0.717) is 6.42 Å². The lowest BCUT2D eigenvalue weighted by molar-refractivity contribution is -0.146. The summed E-state index contributed by atoms with van der Waals surface area (Å²) in [5.41, 5.74) is 1.68. The molecule has 0 bridgehead atoms. The average molecular weight is 344 g/mol. The SMILES string of the molecule is CCOC(=O)[C@@H](Cc1ccccc1)NC(=O)/C=C/c1csc(C)n1. The molecule has 0 unspecified atom stereocenters. The minimum Gasteiger partial charge on any atom is -0.464 e. The van der Waals surface area contributed by atoms with E-state index in [1.54, 1.807) is 13.0 Å². The number of carbonyl (C=O) groups is 2. The third-order valence-corrected chi connectivity index (χ3v) is 4.00. The summed E-state index contributed by atoms with van der Waals surface area (Å²) in [4.78, 5) is 28.4. The van der Waals surface area contributed by atoms with Crippen LogP contribution in [0.1, 0.15) is 23.2 Å². The average Bonchev–Trinajstić information content (AvgIpc) is 2.99. The van der Waals surface area contributed by atoms with Crippen molar-refractivity contribution in [1.82, 2.24) is 10.3 Å². The van der Waals surface area contributed by atoms with Crippen LogP contribution >= 0.6 is 11.3 Å². The zero-order chi connectivity index (χ0) is 17.4. The Hall–Kier alpha value is -2.47. The van der Waals surface area contributed by atoms with Crippen LogP contribution in [0.2, 0.25) is 0 Å². The first-order valence-corrected chi connectivity index (χ1v) is 8.57. The van der Waals surface area contributed by atoms with Crippen molar-refractivity contribution in [1.29, 1.82) is 0 Å². The lowest BCUT2D eigenvalue weighted by Gasteiger charge is -2.16. The summed E-state index contributed by atoms with van der Waals surface area (Å²) < 4.78 is 5.05. The Morgan fingerprint density at radius 3 is 2.71 bits per heavy atom. The van der Waals surface area contributed by atoms with E-state index in [4.69, 9.17) is 4.74 Å². The summed E-state index contributed by atoms with van der Waals surface area (Å²) in [7, 11) is 0. The predicted octanol–water partition coefficient (Wildman–Crippen LogP) is 2.76. The number of benzene rings is 1. The number of nitrogens with zero attached hydrogens (tertiary/aromatic N) is 1. The monoisotopic (exact) mass is 344 g/mol. The zero-order valence-electron chi connectivity index (χ0n) is 13.7. The summed E-state index contributed by atoms with van der Waals surface area (Å²) in [6.45, 7) is 3.91. The van der Waals surface area contributed by atoms with Crippen molar-refractivity contribution in [3.63, 3.8) is 0 Å². The van der Waals surface area contributed by atoms with Gasteiger partial charge in [0.1, 0.15) is 6.04 Å². The smallest absolute Gasteiger partial charge is 0.328 e. The number of hydrogen-bond acceptors (Lipinski definition) is 5. The van der Waals surface area contributed by atoms with Gasteiger partial charge in [0.2, 0.25) is 5.91 Å². The van der Waals surface area contributed by atoms with Crippen molar-refractivity contribution in [2.75, 3.05) is 6.61 Å². The molecule has 2 rings (SSSR count). The van der Waals surface area contributed by atoms with Crippen LogP contribution in [0, 0.1) is 6.92 Å². The van der Waals surface area contributed by atoms with Gasteiger partial charge >= 0.3 is 5.97 Å². The van der Waals surface area contributed by atoms with Gasteiger partial charge in [-0.25, -0.2) is 9.78 Å². The van der Waals surface area contributed by atoms with E-state index in [1.165, 1.54) is 17.4 Å². The standard InChI is InChI=1S/C18H20N2O3S/c1-3-23-18(22)16(11-14-7-5-4-6-8-14)20-17(21)10-9-15-12-24-13(2)19-15/h4-10,12,16H,3,11H2,1-2H3,(H,20,21)/b10-9+/t16-/m1/s1. The second-order valence-corrected chi connectivity index (χ2v) is 6.19. The molecule has 0 saturated carbocycles. The molecule has 1 amide bonds. The lowest BCUT2D eigenvalue weighted by Crippen LogP contribution is -2.42. The molecule has 2 aromatic rings. The van der Waals surface area contributed by atoms with Crippen LogP contribution in [0.15, 0.2) is 41.8 Å². The molecule has 1 aromatic carbocycles. The van der Waals surface area contributed by atoms with Crippen LogP contribution in [-0.2, 0) is 20.7 Å². The van der Waals surface area contributed by atoms with Gasteiger partial charge in [0.05, 0.1) is 17.3 Å². The molecule has 0 aliphatic heterocycles. The van der Waals surface area contributed by atoms with Gasteiger partial charge < -0.3 is 10.1 Å². The highest BCUT2D eigenvalue weighted by Crippen LogP contribution is 2.09. The van der Waals surface area contributed by atoms with Gasteiger partial charge in [0.25, 0.3) is 0 Å². The molecule has 1 heterocycles. The van der Waals surface area contributed by atoms with Gasteiger partial charge in [-0.2, -0.15) is 0 Å². The fourth-order valence-corrected chi connectivity index (χ4v) is 2.70. The third kappa shape index (κ3) is 5.62. The van der Waals surface area contributed by atoms with Crippen LogP contribution in [0.3, 0.4) is 0 Å². The molecule has 5 nitrogen and oxygen atoms in total. The minimum absolute atomic E-state index is 0.272. The van der Waals surface area contributed by atoms with E-state index in [9.17, 15) is 9.59 Å². The predicted molar refractivity (Wildman–Crippen MR) is 94.6 cm³/mol.